The number of likely N-dealkylation sites (tertiary alicyclic amines) is 1. The van der Waals surface area contributed by atoms with Gasteiger partial charge < -0.3 is 9.64 Å². The zero-order valence-corrected chi connectivity index (χ0v) is 14.4. The fraction of sp³-hybridized carbons (Fsp3) is 0.611. The van der Waals surface area contributed by atoms with Gasteiger partial charge in [0.2, 0.25) is 0 Å². The van der Waals surface area contributed by atoms with E-state index >= 15 is 0 Å². The molecule has 1 aliphatic rings. The average molecular weight is 324 g/mol. The standard InChI is InChI=1S/C18H26ClNO2/c1-3-11-22-18-7-6-15(19)12-16(18)17(21)8-10-20-9-4-5-14(2)13-20/h6-7,12,14H,3-5,8-11,13H2,1-2H3. The minimum Gasteiger partial charge on any atom is -0.493 e. The summed E-state index contributed by atoms with van der Waals surface area (Å²) in [7, 11) is 0. The van der Waals surface area contributed by atoms with E-state index in [9.17, 15) is 4.79 Å². The molecule has 122 valence electrons. The molecule has 0 saturated carbocycles. The first-order chi connectivity index (χ1) is 10.6. The zero-order valence-electron chi connectivity index (χ0n) is 13.6. The normalized spacial score (nSPS) is 19.1. The number of nitrogens with zero attached hydrogens (tertiary/aromatic N) is 1. The van der Waals surface area contributed by atoms with Gasteiger partial charge in [0.15, 0.2) is 5.78 Å². The lowest BCUT2D eigenvalue weighted by atomic mass is 9.99. The van der Waals surface area contributed by atoms with Gasteiger partial charge in [0.25, 0.3) is 0 Å². The van der Waals surface area contributed by atoms with Gasteiger partial charge >= 0.3 is 0 Å². The summed E-state index contributed by atoms with van der Waals surface area (Å²) in [5.41, 5.74) is 0.617. The molecule has 1 aromatic carbocycles. The van der Waals surface area contributed by atoms with Crippen molar-refractivity contribution in [3.63, 3.8) is 0 Å². The second kappa shape index (κ2) is 8.54. The van der Waals surface area contributed by atoms with Crippen molar-refractivity contribution in [2.45, 2.75) is 39.5 Å². The molecule has 0 radical (unpaired) electrons. The number of carbonyl (C=O) groups is 1. The van der Waals surface area contributed by atoms with Crippen molar-refractivity contribution < 1.29 is 9.53 Å². The van der Waals surface area contributed by atoms with Gasteiger partial charge in [-0.3, -0.25) is 4.79 Å². The molecule has 0 spiro atoms. The Balaban J connectivity index is 1.97. The monoisotopic (exact) mass is 323 g/mol. The molecule has 3 nitrogen and oxygen atoms in total. The number of ether oxygens (including phenoxy) is 1. The Kier molecular flexibility index (Phi) is 6.71. The average Bonchev–Trinajstić information content (AvgIpc) is 2.51. The molecular weight excluding hydrogens is 298 g/mol. The van der Waals surface area contributed by atoms with Crippen molar-refractivity contribution in [2.75, 3.05) is 26.2 Å². The summed E-state index contributed by atoms with van der Waals surface area (Å²) >= 11 is 6.04. The molecule has 0 aromatic heterocycles. The third-order valence-electron chi connectivity index (χ3n) is 4.10. The molecule has 0 N–H and O–H groups in total. The summed E-state index contributed by atoms with van der Waals surface area (Å²) in [5, 5.41) is 0.582. The lowest BCUT2D eigenvalue weighted by molar-refractivity contribution is 0.0945. The summed E-state index contributed by atoms with van der Waals surface area (Å²) in [4.78, 5) is 14.9. The van der Waals surface area contributed by atoms with Crippen LogP contribution in [-0.4, -0.2) is 36.9 Å². The maximum Gasteiger partial charge on any atom is 0.167 e. The number of carbonyl (C=O) groups excluding carboxylic acids is 1. The highest BCUT2D eigenvalue weighted by Gasteiger charge is 2.19. The summed E-state index contributed by atoms with van der Waals surface area (Å²) in [6.45, 7) is 7.97. The van der Waals surface area contributed by atoms with Crippen molar-refractivity contribution in [3.8, 4) is 5.75 Å². The number of hydrogen-bond acceptors (Lipinski definition) is 3. The molecule has 4 heteroatoms. The molecule has 1 saturated heterocycles. The Morgan fingerprint density at radius 3 is 3.00 bits per heavy atom. The fourth-order valence-electron chi connectivity index (χ4n) is 2.94. The van der Waals surface area contributed by atoms with E-state index in [1.54, 1.807) is 18.2 Å². The van der Waals surface area contributed by atoms with Gasteiger partial charge in [-0.05, 0) is 49.9 Å². The number of ketones is 1. The molecule has 1 aliphatic heterocycles. The first-order valence-corrected chi connectivity index (χ1v) is 8.66. The summed E-state index contributed by atoms with van der Waals surface area (Å²) in [6.07, 6.45) is 3.97. The van der Waals surface area contributed by atoms with Gasteiger partial charge in [-0.25, -0.2) is 0 Å². The van der Waals surface area contributed by atoms with Crippen LogP contribution in [0.2, 0.25) is 5.02 Å². The van der Waals surface area contributed by atoms with Crippen LogP contribution < -0.4 is 4.74 Å². The number of piperidine rings is 1. The highest BCUT2D eigenvalue weighted by molar-refractivity contribution is 6.31. The quantitative estimate of drug-likeness (QED) is 0.695. The molecule has 1 fully saturated rings. The predicted octanol–water partition coefficient (Wildman–Crippen LogP) is 4.43. The number of halogens is 1. The summed E-state index contributed by atoms with van der Waals surface area (Å²) < 4.78 is 5.68. The highest BCUT2D eigenvalue weighted by atomic mass is 35.5. The third kappa shape index (κ3) is 4.99. The van der Waals surface area contributed by atoms with Crippen LogP contribution in [0.4, 0.5) is 0 Å². The first kappa shape index (κ1) is 17.3. The number of benzene rings is 1. The van der Waals surface area contributed by atoms with E-state index in [1.165, 1.54) is 12.8 Å². The molecule has 0 bridgehead atoms. The Morgan fingerprint density at radius 1 is 1.45 bits per heavy atom. The van der Waals surface area contributed by atoms with E-state index in [0.29, 0.717) is 29.4 Å². The van der Waals surface area contributed by atoms with Gasteiger partial charge in [0.05, 0.1) is 12.2 Å². The van der Waals surface area contributed by atoms with Crippen molar-refractivity contribution in [1.29, 1.82) is 0 Å². The van der Waals surface area contributed by atoms with E-state index in [0.717, 1.165) is 32.0 Å². The lowest BCUT2D eigenvalue weighted by Gasteiger charge is -2.30. The van der Waals surface area contributed by atoms with Crippen LogP contribution in [-0.2, 0) is 0 Å². The van der Waals surface area contributed by atoms with Gasteiger partial charge in [0.1, 0.15) is 5.75 Å². The maximum absolute atomic E-state index is 12.5. The van der Waals surface area contributed by atoms with Crippen LogP contribution in [0.5, 0.6) is 5.75 Å². The first-order valence-electron chi connectivity index (χ1n) is 8.28. The van der Waals surface area contributed by atoms with E-state index in [2.05, 4.69) is 18.7 Å². The van der Waals surface area contributed by atoms with E-state index < -0.39 is 0 Å². The van der Waals surface area contributed by atoms with Crippen molar-refractivity contribution in [1.82, 2.24) is 4.90 Å². The Morgan fingerprint density at radius 2 is 2.27 bits per heavy atom. The Hall–Kier alpha value is -1.06. The topological polar surface area (TPSA) is 29.5 Å². The highest BCUT2D eigenvalue weighted by Crippen LogP contribution is 2.25. The molecule has 0 amide bonds. The smallest absolute Gasteiger partial charge is 0.167 e. The molecule has 1 unspecified atom stereocenters. The van der Waals surface area contributed by atoms with Gasteiger partial charge in [-0.1, -0.05) is 25.4 Å². The lowest BCUT2D eigenvalue weighted by Crippen LogP contribution is -2.35. The van der Waals surface area contributed by atoms with Crippen LogP contribution in [0.15, 0.2) is 18.2 Å². The van der Waals surface area contributed by atoms with E-state index in [-0.39, 0.29) is 5.78 Å². The van der Waals surface area contributed by atoms with Crippen LogP contribution >= 0.6 is 11.6 Å². The predicted molar refractivity (Wildman–Crippen MR) is 91.0 cm³/mol. The van der Waals surface area contributed by atoms with Crippen LogP contribution in [0.3, 0.4) is 0 Å². The SMILES string of the molecule is CCCOc1ccc(Cl)cc1C(=O)CCN1CCCC(C)C1. The summed E-state index contributed by atoms with van der Waals surface area (Å²) in [6, 6.07) is 5.30. The molecule has 1 aromatic rings. The molecule has 22 heavy (non-hydrogen) atoms. The number of rotatable bonds is 7. The van der Waals surface area contributed by atoms with Crippen molar-refractivity contribution in [2.24, 2.45) is 5.92 Å². The van der Waals surface area contributed by atoms with Crippen LogP contribution in [0.25, 0.3) is 0 Å². The van der Waals surface area contributed by atoms with Crippen LogP contribution in [0, 0.1) is 5.92 Å². The van der Waals surface area contributed by atoms with Crippen LogP contribution in [0.1, 0.15) is 49.9 Å². The largest absolute Gasteiger partial charge is 0.493 e. The zero-order chi connectivity index (χ0) is 15.9. The minimum atomic E-state index is 0.117. The molecule has 0 aliphatic carbocycles. The molecular formula is C18H26ClNO2. The third-order valence-corrected chi connectivity index (χ3v) is 4.34. The molecule has 1 heterocycles. The Labute approximate surface area is 138 Å². The van der Waals surface area contributed by atoms with Crippen molar-refractivity contribution >= 4 is 17.4 Å². The van der Waals surface area contributed by atoms with Gasteiger partial charge in [0, 0.05) is 24.5 Å². The fourth-order valence-corrected chi connectivity index (χ4v) is 3.11. The minimum absolute atomic E-state index is 0.117. The summed E-state index contributed by atoms with van der Waals surface area (Å²) in [5.74, 6) is 1.51. The van der Waals surface area contributed by atoms with Gasteiger partial charge in [-0.2, -0.15) is 0 Å². The molecule has 2 rings (SSSR count). The Bertz CT molecular complexity index is 504. The second-order valence-electron chi connectivity index (χ2n) is 6.21. The van der Waals surface area contributed by atoms with Gasteiger partial charge in [-0.15, -0.1) is 0 Å². The second-order valence-corrected chi connectivity index (χ2v) is 6.65. The maximum atomic E-state index is 12.5. The van der Waals surface area contributed by atoms with Crippen molar-refractivity contribution in [3.05, 3.63) is 28.8 Å². The van der Waals surface area contributed by atoms with E-state index in [1.807, 2.05) is 0 Å². The van der Waals surface area contributed by atoms with E-state index in [4.69, 9.17) is 16.3 Å². The number of hydrogen-bond donors (Lipinski definition) is 0. The molecule has 1 atom stereocenters. The number of Topliss-reactive ketones (excluding diaryl/α,β-unsaturated/α-hetero) is 1.